The van der Waals surface area contributed by atoms with E-state index in [1.54, 1.807) is 12.1 Å². The van der Waals surface area contributed by atoms with E-state index >= 15 is 0 Å². The average Bonchev–Trinajstić information content (AvgIpc) is 2.92. The van der Waals surface area contributed by atoms with Crippen LogP contribution in [0.2, 0.25) is 0 Å². The van der Waals surface area contributed by atoms with Gasteiger partial charge in [0.25, 0.3) is 0 Å². The predicted molar refractivity (Wildman–Crippen MR) is 104 cm³/mol. The molecule has 3 aliphatic carbocycles. The predicted octanol–water partition coefficient (Wildman–Crippen LogP) is 4.61. The van der Waals surface area contributed by atoms with Crippen molar-refractivity contribution in [3.63, 3.8) is 0 Å². The summed E-state index contributed by atoms with van der Waals surface area (Å²) in [6.07, 6.45) is 6.36. The van der Waals surface area contributed by atoms with Crippen molar-refractivity contribution in [2.45, 2.75) is 63.4 Å². The average molecular weight is 376 g/mol. The van der Waals surface area contributed by atoms with Gasteiger partial charge < -0.3 is 9.63 Å². The van der Waals surface area contributed by atoms with Crippen LogP contribution in [0.15, 0.2) is 18.2 Å². The van der Waals surface area contributed by atoms with Crippen molar-refractivity contribution in [2.24, 2.45) is 17.3 Å². The Balaban J connectivity index is 1.55. The Hall–Kier alpha value is -0.940. The van der Waals surface area contributed by atoms with E-state index in [9.17, 15) is 9.50 Å². The monoisotopic (exact) mass is 376 g/mol. The second-order valence-corrected chi connectivity index (χ2v) is 8.80. The Morgan fingerprint density at radius 2 is 2.27 bits per heavy atom. The minimum absolute atomic E-state index is 0.131. The van der Waals surface area contributed by atoms with Crippen LogP contribution >= 0.6 is 9.41 Å². The van der Waals surface area contributed by atoms with Gasteiger partial charge in [-0.1, -0.05) is 24.8 Å². The molecule has 2 saturated carbocycles. The van der Waals surface area contributed by atoms with E-state index in [-0.39, 0.29) is 20.6 Å². The maximum absolute atomic E-state index is 13.6. The number of benzene rings is 1. The van der Waals surface area contributed by atoms with Crippen LogP contribution < -0.4 is 0 Å². The lowest BCUT2D eigenvalue weighted by Crippen LogP contribution is -2.50. The van der Waals surface area contributed by atoms with E-state index in [0.717, 1.165) is 38.5 Å². The third kappa shape index (κ3) is 2.82. The van der Waals surface area contributed by atoms with Gasteiger partial charge in [0.2, 0.25) is 0 Å². The van der Waals surface area contributed by atoms with Crippen LogP contribution in [-0.4, -0.2) is 18.6 Å². The second kappa shape index (κ2) is 6.90. The van der Waals surface area contributed by atoms with E-state index in [0.29, 0.717) is 30.8 Å². The molecule has 140 valence electrons. The smallest absolute Gasteiger partial charge is 0.131 e. The number of hydrogen-bond donors (Lipinski definition) is 1. The molecule has 2 nitrogen and oxygen atoms in total. The first-order chi connectivity index (χ1) is 13.0. The molecule has 0 bridgehead atoms. The summed E-state index contributed by atoms with van der Waals surface area (Å²) in [5, 5.41) is 11.4. The van der Waals surface area contributed by atoms with E-state index in [4.69, 9.17) is 5.80 Å². The molecule has 4 rings (SSSR count). The number of hydrogen-bond acceptors (Lipinski definition) is 2. The molecule has 0 saturated heterocycles. The molecule has 4 unspecified atom stereocenters. The zero-order chi connectivity index (χ0) is 19.1. The molecule has 0 amide bonds. The van der Waals surface area contributed by atoms with Crippen LogP contribution in [0.5, 0.6) is 0 Å². The lowest BCUT2D eigenvalue weighted by atomic mass is 9.53. The minimum Gasteiger partial charge on any atom is -0.377 e. The molecular weight excluding hydrogens is 346 g/mol. The SMILES string of the molecule is [3H]POCCC#C[C@]1(O)CCC2C3CCc4cc(F)ccc4C3CC[C@@]21C. The fourth-order valence-electron chi connectivity index (χ4n) is 6.08. The lowest BCUT2D eigenvalue weighted by Gasteiger charge is -2.52. The molecule has 0 spiro atoms. The summed E-state index contributed by atoms with van der Waals surface area (Å²) in [5.41, 5.74) is 1.43. The van der Waals surface area contributed by atoms with Crippen molar-refractivity contribution in [1.29, 1.82) is 1.28 Å². The van der Waals surface area contributed by atoms with Crippen molar-refractivity contribution in [3.05, 3.63) is 35.1 Å². The van der Waals surface area contributed by atoms with Gasteiger partial charge in [-0.3, -0.25) is 0 Å². The topological polar surface area (TPSA) is 29.5 Å². The minimum atomic E-state index is -0.922. The molecule has 1 aromatic rings. The summed E-state index contributed by atoms with van der Waals surface area (Å²) < 4.78 is 25.7. The molecule has 1 N–H and O–H groups in total. The molecule has 1 aromatic carbocycles. The van der Waals surface area contributed by atoms with Crippen LogP contribution in [0.4, 0.5) is 4.39 Å². The van der Waals surface area contributed by atoms with E-state index in [2.05, 4.69) is 18.8 Å². The number of aliphatic hydroxyl groups is 1. The molecule has 0 aromatic heterocycles. The van der Waals surface area contributed by atoms with Crippen LogP contribution in [0.25, 0.3) is 0 Å². The summed E-state index contributed by atoms with van der Waals surface area (Å²) >= 11 is 0. The lowest BCUT2D eigenvalue weighted by molar-refractivity contribution is -0.0648. The van der Waals surface area contributed by atoms with Gasteiger partial charge >= 0.3 is 0 Å². The van der Waals surface area contributed by atoms with Crippen LogP contribution in [0.1, 0.15) is 62.5 Å². The fourth-order valence-corrected chi connectivity index (χ4v) is 6.19. The quantitative estimate of drug-likeness (QED) is 0.474. The number of aryl methyl sites for hydroxylation is 1. The highest BCUT2D eigenvalue weighted by molar-refractivity contribution is 7.09. The molecular formula is C22H28FO2P. The summed E-state index contributed by atoms with van der Waals surface area (Å²) in [5.74, 6) is 7.70. The van der Waals surface area contributed by atoms with Gasteiger partial charge in [0.15, 0.2) is 0 Å². The van der Waals surface area contributed by atoms with Crippen molar-refractivity contribution < 1.29 is 14.0 Å². The first-order valence-corrected chi connectivity index (χ1v) is 10.2. The highest BCUT2D eigenvalue weighted by atomic mass is 31.0. The van der Waals surface area contributed by atoms with Crippen molar-refractivity contribution in [1.82, 2.24) is 0 Å². The summed E-state index contributed by atoms with van der Waals surface area (Å²) in [6.45, 7) is 2.70. The third-order valence-corrected chi connectivity index (χ3v) is 7.67. The molecule has 6 atom stereocenters. The van der Waals surface area contributed by atoms with E-state index in [1.807, 2.05) is 6.07 Å². The maximum atomic E-state index is 13.6. The van der Waals surface area contributed by atoms with E-state index < -0.39 is 5.60 Å². The zero-order valence-electron chi connectivity index (χ0n) is 16.4. The Kier molecular flexibility index (Phi) is 4.56. The Bertz CT molecular complexity index is 775. The Labute approximate surface area is 159 Å². The molecule has 0 heterocycles. The van der Waals surface area contributed by atoms with Crippen molar-refractivity contribution in [3.8, 4) is 11.8 Å². The molecule has 0 radical (unpaired) electrons. The summed E-state index contributed by atoms with van der Waals surface area (Å²) in [4.78, 5) is 0. The molecule has 4 heteroatoms. The van der Waals surface area contributed by atoms with Gasteiger partial charge in [-0.05, 0) is 79.5 Å². The number of rotatable bonds is 3. The van der Waals surface area contributed by atoms with Gasteiger partial charge in [-0.15, -0.1) is 0 Å². The second-order valence-electron chi connectivity index (χ2n) is 8.51. The van der Waals surface area contributed by atoms with Gasteiger partial charge in [0.1, 0.15) is 11.4 Å². The Morgan fingerprint density at radius 1 is 1.38 bits per heavy atom. The molecule has 0 aliphatic heterocycles. The maximum Gasteiger partial charge on any atom is 0.131 e. The standard InChI is InChI=1S/C22H28FO2P/c1-21-11-8-18-17-7-5-16(23)14-15(17)4-6-19(18)20(21)9-12-22(21,24)10-2-3-13-25-26/h5,7,14,18-20,24H,3-4,6,8-9,11-13,26H2,1H3/t18?,19?,20?,21-,22-/m0/s1/i26T/t18?,19?,20?,21-,22-,26?. The highest BCUT2D eigenvalue weighted by Crippen LogP contribution is 2.64. The normalized spacial score (nSPS) is 38.9. The summed E-state index contributed by atoms with van der Waals surface area (Å²) in [6, 6.07) is 5.32. The Morgan fingerprint density at radius 3 is 3.12 bits per heavy atom. The fraction of sp³-hybridized carbons (Fsp3) is 0.636. The van der Waals surface area contributed by atoms with Gasteiger partial charge in [0.05, 0.1) is 7.89 Å². The number of fused-ring (bicyclic) bond motifs is 5. The molecule has 2 fully saturated rings. The highest BCUT2D eigenvalue weighted by Gasteiger charge is 2.61. The van der Waals surface area contributed by atoms with Gasteiger partial charge in [0, 0.05) is 21.2 Å². The largest absolute Gasteiger partial charge is 0.377 e. The first kappa shape index (κ1) is 17.2. The van der Waals surface area contributed by atoms with Gasteiger partial charge in [-0.2, -0.15) is 0 Å². The van der Waals surface area contributed by atoms with Gasteiger partial charge in [-0.25, -0.2) is 4.39 Å². The van der Waals surface area contributed by atoms with E-state index in [1.165, 1.54) is 11.1 Å². The molecule has 26 heavy (non-hydrogen) atoms. The summed E-state index contributed by atoms with van der Waals surface area (Å²) in [7, 11) is -0.257. The number of halogens is 1. The van der Waals surface area contributed by atoms with Crippen LogP contribution in [0, 0.1) is 34.9 Å². The van der Waals surface area contributed by atoms with Crippen LogP contribution in [-0.2, 0) is 10.9 Å². The third-order valence-electron chi connectivity index (χ3n) is 7.46. The van der Waals surface area contributed by atoms with Crippen LogP contribution in [0.3, 0.4) is 0 Å². The van der Waals surface area contributed by atoms with Crippen molar-refractivity contribution in [2.75, 3.05) is 6.61 Å². The van der Waals surface area contributed by atoms with Crippen molar-refractivity contribution >= 4 is 9.41 Å². The molecule has 3 aliphatic rings. The zero-order valence-corrected chi connectivity index (χ0v) is 16.4. The first-order valence-electron chi connectivity index (χ1n) is 10.3.